The summed E-state index contributed by atoms with van der Waals surface area (Å²) in [4.78, 5) is 0. The molecular formula is C13H16F3NO. The van der Waals surface area contributed by atoms with E-state index >= 15 is 0 Å². The van der Waals surface area contributed by atoms with Crippen LogP contribution < -0.4 is 10.1 Å². The second kappa shape index (κ2) is 5.18. The molecule has 1 aromatic rings. The van der Waals surface area contributed by atoms with Gasteiger partial charge in [-0.1, -0.05) is 12.1 Å². The van der Waals surface area contributed by atoms with Gasteiger partial charge in [0.2, 0.25) is 0 Å². The van der Waals surface area contributed by atoms with Crippen LogP contribution in [0.4, 0.5) is 13.2 Å². The summed E-state index contributed by atoms with van der Waals surface area (Å²) in [6.45, 7) is 1.63. The summed E-state index contributed by atoms with van der Waals surface area (Å²) in [7, 11) is 1.30. The molecule has 0 bridgehead atoms. The van der Waals surface area contributed by atoms with E-state index in [1.54, 1.807) is 6.07 Å². The highest BCUT2D eigenvalue weighted by atomic mass is 19.4. The summed E-state index contributed by atoms with van der Waals surface area (Å²) in [6, 6.07) is 4.25. The van der Waals surface area contributed by atoms with Crippen LogP contribution in [-0.2, 0) is 6.18 Å². The SMILES string of the molecule is COc1c(C2CCCNC2)cccc1C(F)(F)F. The van der Waals surface area contributed by atoms with Crippen LogP contribution in [0.1, 0.15) is 29.9 Å². The molecule has 5 heteroatoms. The molecule has 2 nitrogen and oxygen atoms in total. The van der Waals surface area contributed by atoms with E-state index in [4.69, 9.17) is 4.74 Å². The van der Waals surface area contributed by atoms with Crippen LogP contribution in [0.3, 0.4) is 0 Å². The summed E-state index contributed by atoms with van der Waals surface area (Å²) in [6.07, 6.45) is -2.50. The van der Waals surface area contributed by atoms with Crippen molar-refractivity contribution >= 4 is 0 Å². The Morgan fingerprint density at radius 3 is 2.67 bits per heavy atom. The fourth-order valence-corrected chi connectivity index (χ4v) is 2.44. The molecular weight excluding hydrogens is 243 g/mol. The van der Waals surface area contributed by atoms with E-state index in [-0.39, 0.29) is 11.7 Å². The van der Waals surface area contributed by atoms with Crippen molar-refractivity contribution in [1.29, 1.82) is 0 Å². The summed E-state index contributed by atoms with van der Waals surface area (Å²) >= 11 is 0. The van der Waals surface area contributed by atoms with Gasteiger partial charge in [-0.2, -0.15) is 13.2 Å². The minimum absolute atomic E-state index is 0.0290. The van der Waals surface area contributed by atoms with Gasteiger partial charge in [0.15, 0.2) is 0 Å². The fourth-order valence-electron chi connectivity index (χ4n) is 2.44. The number of methoxy groups -OCH3 is 1. The van der Waals surface area contributed by atoms with Crippen LogP contribution in [0.25, 0.3) is 0 Å². The maximum Gasteiger partial charge on any atom is 0.419 e. The summed E-state index contributed by atoms with van der Waals surface area (Å²) in [5, 5.41) is 3.21. The molecule has 1 unspecified atom stereocenters. The van der Waals surface area contributed by atoms with E-state index < -0.39 is 11.7 Å². The van der Waals surface area contributed by atoms with Crippen molar-refractivity contribution in [2.75, 3.05) is 20.2 Å². The number of nitrogens with one attached hydrogen (secondary N) is 1. The third kappa shape index (κ3) is 2.61. The van der Waals surface area contributed by atoms with Gasteiger partial charge in [0.05, 0.1) is 12.7 Å². The van der Waals surface area contributed by atoms with Crippen molar-refractivity contribution in [2.45, 2.75) is 24.9 Å². The van der Waals surface area contributed by atoms with E-state index in [2.05, 4.69) is 5.32 Å². The number of para-hydroxylation sites is 1. The molecule has 0 amide bonds. The quantitative estimate of drug-likeness (QED) is 0.880. The Kier molecular flexibility index (Phi) is 3.80. The lowest BCUT2D eigenvalue weighted by Crippen LogP contribution is -2.28. The molecule has 1 saturated heterocycles. The first-order valence-corrected chi connectivity index (χ1v) is 5.99. The maximum atomic E-state index is 12.9. The Labute approximate surface area is 104 Å². The van der Waals surface area contributed by atoms with Gasteiger partial charge >= 0.3 is 6.18 Å². The van der Waals surface area contributed by atoms with Crippen LogP contribution in [0.2, 0.25) is 0 Å². The first kappa shape index (κ1) is 13.2. The number of rotatable bonds is 2. The summed E-state index contributed by atoms with van der Waals surface area (Å²) < 4.78 is 43.7. The minimum atomic E-state index is -4.37. The zero-order chi connectivity index (χ0) is 13.2. The van der Waals surface area contributed by atoms with Crippen LogP contribution in [0.5, 0.6) is 5.75 Å². The highest BCUT2D eigenvalue weighted by Crippen LogP contribution is 2.41. The Morgan fingerprint density at radius 2 is 2.11 bits per heavy atom. The van der Waals surface area contributed by atoms with Gasteiger partial charge in [-0.25, -0.2) is 0 Å². The first-order valence-electron chi connectivity index (χ1n) is 5.99. The van der Waals surface area contributed by atoms with Gasteiger partial charge in [0.25, 0.3) is 0 Å². The molecule has 1 atom stereocenters. The van der Waals surface area contributed by atoms with E-state index in [0.29, 0.717) is 12.1 Å². The van der Waals surface area contributed by atoms with Crippen molar-refractivity contribution in [3.63, 3.8) is 0 Å². The molecule has 1 heterocycles. The molecule has 1 fully saturated rings. The second-order valence-corrected chi connectivity index (χ2v) is 4.47. The predicted octanol–water partition coefficient (Wildman–Crippen LogP) is 3.18. The molecule has 0 spiro atoms. The summed E-state index contributed by atoms with van der Waals surface area (Å²) in [5.74, 6) is 0.0645. The summed E-state index contributed by atoms with van der Waals surface area (Å²) in [5.41, 5.74) is -0.0346. The molecule has 1 N–H and O–H groups in total. The van der Waals surface area contributed by atoms with Crippen LogP contribution in [0.15, 0.2) is 18.2 Å². The largest absolute Gasteiger partial charge is 0.496 e. The molecule has 0 radical (unpaired) electrons. The number of halogens is 3. The van der Waals surface area contributed by atoms with E-state index in [0.717, 1.165) is 25.5 Å². The van der Waals surface area contributed by atoms with Crippen LogP contribution in [-0.4, -0.2) is 20.2 Å². The first-order chi connectivity index (χ1) is 8.54. The van der Waals surface area contributed by atoms with Crippen LogP contribution >= 0.6 is 0 Å². The molecule has 0 saturated carbocycles. The van der Waals surface area contributed by atoms with Crippen LogP contribution in [0, 0.1) is 0 Å². The van der Waals surface area contributed by atoms with Crippen molar-refractivity contribution in [3.8, 4) is 5.75 Å². The number of alkyl halides is 3. The zero-order valence-corrected chi connectivity index (χ0v) is 10.2. The molecule has 1 aliphatic rings. The smallest absolute Gasteiger partial charge is 0.419 e. The van der Waals surface area contributed by atoms with Gasteiger partial charge in [0, 0.05) is 12.5 Å². The lowest BCUT2D eigenvalue weighted by molar-refractivity contribution is -0.138. The average molecular weight is 259 g/mol. The lowest BCUT2D eigenvalue weighted by atomic mass is 9.89. The predicted molar refractivity (Wildman–Crippen MR) is 62.8 cm³/mol. The standard InChI is InChI=1S/C13H16F3NO/c1-18-12-10(9-4-3-7-17-8-9)5-2-6-11(12)13(14,15)16/h2,5-6,9,17H,3-4,7-8H2,1H3. The maximum absolute atomic E-state index is 12.9. The number of hydrogen-bond acceptors (Lipinski definition) is 2. The highest BCUT2D eigenvalue weighted by Gasteiger charge is 2.36. The normalized spacial score (nSPS) is 20.8. The molecule has 2 rings (SSSR count). The van der Waals surface area contributed by atoms with Crippen molar-refractivity contribution in [2.24, 2.45) is 0 Å². The molecule has 0 aliphatic carbocycles. The topological polar surface area (TPSA) is 21.3 Å². The number of benzene rings is 1. The van der Waals surface area contributed by atoms with Gasteiger partial charge in [0.1, 0.15) is 5.75 Å². The molecule has 100 valence electrons. The Balaban J connectivity index is 2.40. The minimum Gasteiger partial charge on any atom is -0.496 e. The van der Waals surface area contributed by atoms with Gasteiger partial charge in [-0.05, 0) is 31.0 Å². The Hall–Kier alpha value is -1.23. The fraction of sp³-hybridized carbons (Fsp3) is 0.538. The average Bonchev–Trinajstić information content (AvgIpc) is 2.37. The number of ether oxygens (including phenoxy) is 1. The molecule has 0 aromatic heterocycles. The molecule has 18 heavy (non-hydrogen) atoms. The zero-order valence-electron chi connectivity index (χ0n) is 10.2. The van der Waals surface area contributed by atoms with Gasteiger partial charge in [-0.15, -0.1) is 0 Å². The highest BCUT2D eigenvalue weighted by molar-refractivity contribution is 5.45. The molecule has 1 aliphatic heterocycles. The second-order valence-electron chi connectivity index (χ2n) is 4.47. The Bertz CT molecular complexity index is 411. The van der Waals surface area contributed by atoms with Gasteiger partial charge < -0.3 is 10.1 Å². The Morgan fingerprint density at radius 1 is 1.33 bits per heavy atom. The molecule has 1 aromatic carbocycles. The third-order valence-electron chi connectivity index (χ3n) is 3.29. The van der Waals surface area contributed by atoms with E-state index in [9.17, 15) is 13.2 Å². The van der Waals surface area contributed by atoms with Crippen molar-refractivity contribution < 1.29 is 17.9 Å². The third-order valence-corrected chi connectivity index (χ3v) is 3.29. The monoisotopic (exact) mass is 259 g/mol. The van der Waals surface area contributed by atoms with E-state index in [1.165, 1.54) is 13.2 Å². The van der Waals surface area contributed by atoms with Crippen molar-refractivity contribution in [1.82, 2.24) is 5.32 Å². The number of piperidine rings is 1. The van der Waals surface area contributed by atoms with E-state index in [1.807, 2.05) is 0 Å². The van der Waals surface area contributed by atoms with Gasteiger partial charge in [-0.3, -0.25) is 0 Å². The lowest BCUT2D eigenvalue weighted by Gasteiger charge is -2.26. The van der Waals surface area contributed by atoms with Crippen molar-refractivity contribution in [3.05, 3.63) is 29.3 Å². The number of hydrogen-bond donors (Lipinski definition) is 1.